The number of aromatic nitrogens is 2. The van der Waals surface area contributed by atoms with E-state index in [9.17, 15) is 0 Å². The number of nitrogens with two attached hydrogens (primary N) is 1. The van der Waals surface area contributed by atoms with Crippen molar-refractivity contribution in [2.45, 2.75) is 51.6 Å². The first kappa shape index (κ1) is 14.3. The van der Waals surface area contributed by atoms with Crippen LogP contribution in [-0.2, 0) is 12.8 Å². The normalized spacial score (nSPS) is 13.1. The lowest BCUT2D eigenvalue weighted by Gasteiger charge is -2.13. The molecule has 0 saturated carbocycles. The van der Waals surface area contributed by atoms with Crippen LogP contribution in [0, 0.1) is 0 Å². The Morgan fingerprint density at radius 1 is 1.26 bits per heavy atom. The summed E-state index contributed by atoms with van der Waals surface area (Å²) in [6.45, 7) is 4.41. The molecular formula is C15H23N3S. The first-order valence-corrected chi connectivity index (χ1v) is 7.92. The topological polar surface area (TPSA) is 43.8 Å². The molecule has 0 aliphatic rings. The lowest BCUT2D eigenvalue weighted by molar-refractivity contribution is 0.424. The molecule has 0 fully saturated rings. The van der Waals surface area contributed by atoms with Gasteiger partial charge in [-0.15, -0.1) is 11.3 Å². The number of hydrogen-bond donors (Lipinski definition) is 1. The Labute approximate surface area is 119 Å². The van der Waals surface area contributed by atoms with Crippen LogP contribution in [0.25, 0.3) is 0 Å². The maximum Gasteiger partial charge on any atom is 0.0640 e. The SMILES string of the molecule is CCC(CC)n1ccc(CC(N)Cc2cccs2)n1. The average molecular weight is 277 g/mol. The fourth-order valence-electron chi connectivity index (χ4n) is 2.38. The summed E-state index contributed by atoms with van der Waals surface area (Å²) in [5, 5.41) is 6.76. The van der Waals surface area contributed by atoms with E-state index < -0.39 is 0 Å². The van der Waals surface area contributed by atoms with Crippen molar-refractivity contribution in [1.82, 2.24) is 9.78 Å². The maximum atomic E-state index is 6.20. The number of hydrogen-bond acceptors (Lipinski definition) is 3. The fourth-order valence-corrected chi connectivity index (χ4v) is 3.18. The van der Waals surface area contributed by atoms with Crippen molar-refractivity contribution in [3.8, 4) is 0 Å². The van der Waals surface area contributed by atoms with Crippen molar-refractivity contribution in [3.63, 3.8) is 0 Å². The number of thiophene rings is 1. The van der Waals surface area contributed by atoms with Gasteiger partial charge in [0.05, 0.1) is 11.7 Å². The third-order valence-corrected chi connectivity index (χ3v) is 4.39. The van der Waals surface area contributed by atoms with Crippen molar-refractivity contribution < 1.29 is 0 Å². The van der Waals surface area contributed by atoms with Crippen LogP contribution in [0.5, 0.6) is 0 Å². The third-order valence-electron chi connectivity index (χ3n) is 3.49. The van der Waals surface area contributed by atoms with Gasteiger partial charge in [0.15, 0.2) is 0 Å². The summed E-state index contributed by atoms with van der Waals surface area (Å²) in [6, 6.07) is 7.00. The summed E-state index contributed by atoms with van der Waals surface area (Å²) in [5.41, 5.74) is 7.31. The highest BCUT2D eigenvalue weighted by Crippen LogP contribution is 2.16. The molecule has 2 N–H and O–H groups in total. The predicted molar refractivity (Wildman–Crippen MR) is 81.5 cm³/mol. The molecule has 0 aromatic carbocycles. The van der Waals surface area contributed by atoms with Gasteiger partial charge in [0.25, 0.3) is 0 Å². The van der Waals surface area contributed by atoms with Gasteiger partial charge in [-0.1, -0.05) is 19.9 Å². The second kappa shape index (κ2) is 6.87. The average Bonchev–Trinajstić information content (AvgIpc) is 3.03. The van der Waals surface area contributed by atoms with E-state index >= 15 is 0 Å². The van der Waals surface area contributed by atoms with E-state index in [-0.39, 0.29) is 6.04 Å². The van der Waals surface area contributed by atoms with Crippen molar-refractivity contribution in [3.05, 3.63) is 40.3 Å². The quantitative estimate of drug-likeness (QED) is 0.842. The monoisotopic (exact) mass is 277 g/mol. The summed E-state index contributed by atoms with van der Waals surface area (Å²) in [7, 11) is 0. The van der Waals surface area contributed by atoms with Crippen molar-refractivity contribution >= 4 is 11.3 Å². The Bertz CT molecular complexity index is 471. The predicted octanol–water partition coefficient (Wildman–Crippen LogP) is 3.42. The van der Waals surface area contributed by atoms with Gasteiger partial charge in [-0.05, 0) is 36.8 Å². The van der Waals surface area contributed by atoms with E-state index in [1.54, 1.807) is 11.3 Å². The Morgan fingerprint density at radius 3 is 2.68 bits per heavy atom. The highest BCUT2D eigenvalue weighted by molar-refractivity contribution is 7.09. The Balaban J connectivity index is 1.92. The smallest absolute Gasteiger partial charge is 0.0640 e. The summed E-state index contributed by atoms with van der Waals surface area (Å²) in [6.07, 6.45) is 6.13. The molecule has 1 atom stereocenters. The van der Waals surface area contributed by atoms with Gasteiger partial charge in [-0.3, -0.25) is 4.68 Å². The minimum absolute atomic E-state index is 0.156. The Kier molecular flexibility index (Phi) is 5.16. The van der Waals surface area contributed by atoms with Crippen LogP contribution in [0.3, 0.4) is 0 Å². The van der Waals surface area contributed by atoms with Gasteiger partial charge in [0.1, 0.15) is 0 Å². The van der Waals surface area contributed by atoms with Gasteiger partial charge < -0.3 is 5.73 Å². The van der Waals surface area contributed by atoms with Crippen LogP contribution in [0.2, 0.25) is 0 Å². The van der Waals surface area contributed by atoms with Crippen molar-refractivity contribution in [2.75, 3.05) is 0 Å². The standard InChI is InChI=1S/C15H23N3S/c1-3-14(4-2)18-8-7-13(17-18)10-12(16)11-15-6-5-9-19-15/h5-9,12,14H,3-4,10-11,16H2,1-2H3. The molecule has 3 nitrogen and oxygen atoms in total. The molecule has 4 heteroatoms. The molecule has 0 bridgehead atoms. The molecule has 2 aromatic heterocycles. The molecular weight excluding hydrogens is 254 g/mol. The van der Waals surface area contributed by atoms with Gasteiger partial charge in [0, 0.05) is 23.5 Å². The largest absolute Gasteiger partial charge is 0.327 e. The molecule has 0 aliphatic carbocycles. The number of nitrogens with zero attached hydrogens (tertiary/aromatic N) is 2. The zero-order valence-corrected chi connectivity index (χ0v) is 12.6. The van der Waals surface area contributed by atoms with E-state index in [0.717, 1.165) is 31.4 Å². The second-order valence-corrected chi connectivity index (χ2v) is 6.04. The molecule has 0 spiro atoms. The van der Waals surface area contributed by atoms with Crippen LogP contribution in [0.1, 0.15) is 43.3 Å². The highest BCUT2D eigenvalue weighted by atomic mass is 32.1. The molecule has 2 heterocycles. The Hall–Kier alpha value is -1.13. The van der Waals surface area contributed by atoms with Crippen LogP contribution >= 0.6 is 11.3 Å². The summed E-state index contributed by atoms with van der Waals surface area (Å²) in [5.74, 6) is 0. The first-order valence-electron chi connectivity index (χ1n) is 7.04. The fraction of sp³-hybridized carbons (Fsp3) is 0.533. The zero-order valence-electron chi connectivity index (χ0n) is 11.7. The molecule has 0 saturated heterocycles. The molecule has 2 rings (SSSR count). The van der Waals surface area contributed by atoms with Gasteiger partial charge >= 0.3 is 0 Å². The number of rotatable bonds is 7. The maximum absolute atomic E-state index is 6.20. The minimum atomic E-state index is 0.156. The molecule has 0 radical (unpaired) electrons. The van der Waals surface area contributed by atoms with E-state index in [2.05, 4.69) is 53.4 Å². The van der Waals surface area contributed by atoms with Crippen molar-refractivity contribution in [1.29, 1.82) is 0 Å². The van der Waals surface area contributed by atoms with Gasteiger partial charge in [-0.2, -0.15) is 5.10 Å². The minimum Gasteiger partial charge on any atom is -0.327 e. The molecule has 1 unspecified atom stereocenters. The zero-order chi connectivity index (χ0) is 13.7. The van der Waals surface area contributed by atoms with Crippen LogP contribution in [0.15, 0.2) is 29.8 Å². The first-order chi connectivity index (χ1) is 9.22. The van der Waals surface area contributed by atoms with Crippen LogP contribution in [-0.4, -0.2) is 15.8 Å². The molecule has 2 aromatic rings. The van der Waals surface area contributed by atoms with Gasteiger partial charge in [-0.25, -0.2) is 0 Å². The second-order valence-electron chi connectivity index (χ2n) is 5.01. The third kappa shape index (κ3) is 3.91. The lowest BCUT2D eigenvalue weighted by atomic mass is 10.1. The molecule has 104 valence electrons. The molecule has 0 aliphatic heterocycles. The van der Waals surface area contributed by atoms with Gasteiger partial charge in [0.2, 0.25) is 0 Å². The van der Waals surface area contributed by atoms with E-state index in [0.29, 0.717) is 6.04 Å². The summed E-state index contributed by atoms with van der Waals surface area (Å²) < 4.78 is 2.09. The summed E-state index contributed by atoms with van der Waals surface area (Å²) in [4.78, 5) is 1.35. The lowest BCUT2D eigenvalue weighted by Crippen LogP contribution is -2.25. The highest BCUT2D eigenvalue weighted by Gasteiger charge is 2.11. The van der Waals surface area contributed by atoms with Crippen LogP contribution in [0.4, 0.5) is 0 Å². The van der Waals surface area contributed by atoms with Crippen molar-refractivity contribution in [2.24, 2.45) is 5.73 Å². The van der Waals surface area contributed by atoms with E-state index in [1.807, 2.05) is 0 Å². The Morgan fingerprint density at radius 2 is 2.05 bits per heavy atom. The van der Waals surface area contributed by atoms with E-state index in [1.165, 1.54) is 4.88 Å². The van der Waals surface area contributed by atoms with E-state index in [4.69, 9.17) is 5.73 Å². The molecule has 19 heavy (non-hydrogen) atoms. The summed E-state index contributed by atoms with van der Waals surface area (Å²) >= 11 is 1.77. The molecule has 0 amide bonds. The van der Waals surface area contributed by atoms with Crippen LogP contribution < -0.4 is 5.73 Å².